The van der Waals surface area contributed by atoms with E-state index in [2.05, 4.69) is 5.32 Å². The first-order chi connectivity index (χ1) is 11.1. The number of ether oxygens (including phenoxy) is 1. The number of nitrogens with two attached hydrogens (primary N) is 1. The first kappa shape index (κ1) is 19.5. The first-order valence-electron chi connectivity index (χ1n) is 7.66. The fourth-order valence-electron chi connectivity index (χ4n) is 2.03. The zero-order valence-electron chi connectivity index (χ0n) is 14.5. The number of rotatable bonds is 6. The van der Waals surface area contributed by atoms with Crippen molar-refractivity contribution < 1.29 is 19.1 Å². The molecule has 1 rings (SSSR count). The summed E-state index contributed by atoms with van der Waals surface area (Å²) in [7, 11) is 1.48. The van der Waals surface area contributed by atoms with Crippen molar-refractivity contribution in [3.05, 3.63) is 35.9 Å². The third kappa shape index (κ3) is 6.68. The topological polar surface area (TPSA) is 102 Å². The van der Waals surface area contributed by atoms with Gasteiger partial charge in [-0.15, -0.1) is 0 Å². The maximum atomic E-state index is 12.2. The van der Waals surface area contributed by atoms with Gasteiger partial charge in [0.1, 0.15) is 18.2 Å². The lowest BCUT2D eigenvalue weighted by Crippen LogP contribution is -2.50. The Balaban J connectivity index is 2.63. The Hall–Kier alpha value is -2.57. The van der Waals surface area contributed by atoms with E-state index < -0.39 is 29.6 Å². The molecule has 0 aliphatic rings. The lowest BCUT2D eigenvalue weighted by Gasteiger charge is -2.26. The lowest BCUT2D eigenvalue weighted by atomic mass is 10.0. The van der Waals surface area contributed by atoms with Crippen molar-refractivity contribution in [2.45, 2.75) is 38.8 Å². The summed E-state index contributed by atoms with van der Waals surface area (Å²) in [6.45, 7) is 4.90. The maximum Gasteiger partial charge on any atom is 0.408 e. The van der Waals surface area contributed by atoms with Crippen LogP contribution in [0.25, 0.3) is 0 Å². The number of alkyl carbamates (subject to hydrolysis) is 1. The molecule has 0 saturated heterocycles. The summed E-state index contributed by atoms with van der Waals surface area (Å²) < 4.78 is 5.06. The van der Waals surface area contributed by atoms with E-state index in [1.807, 2.05) is 30.3 Å². The van der Waals surface area contributed by atoms with Crippen molar-refractivity contribution in [3.8, 4) is 0 Å². The van der Waals surface area contributed by atoms with Gasteiger partial charge in [-0.05, 0) is 26.3 Å². The summed E-state index contributed by atoms with van der Waals surface area (Å²) in [6.07, 6.45) is -0.381. The average molecular weight is 335 g/mol. The molecule has 1 aromatic carbocycles. The zero-order chi connectivity index (χ0) is 18.3. The number of benzene rings is 1. The number of nitrogens with one attached hydrogen (secondary N) is 1. The molecule has 0 aliphatic heterocycles. The first-order valence-corrected chi connectivity index (χ1v) is 7.66. The number of hydrogen-bond acceptors (Lipinski definition) is 4. The Bertz CT molecular complexity index is 581. The second kappa shape index (κ2) is 8.33. The Labute approximate surface area is 142 Å². The van der Waals surface area contributed by atoms with Gasteiger partial charge in [-0.3, -0.25) is 9.59 Å². The van der Waals surface area contributed by atoms with Gasteiger partial charge in [0.05, 0.1) is 0 Å². The van der Waals surface area contributed by atoms with Crippen molar-refractivity contribution in [1.82, 2.24) is 10.2 Å². The molecule has 3 N–H and O–H groups in total. The molecule has 0 unspecified atom stereocenters. The molecule has 132 valence electrons. The molecule has 1 atom stereocenters. The average Bonchev–Trinajstić information content (AvgIpc) is 2.48. The van der Waals surface area contributed by atoms with Crippen LogP contribution in [0.4, 0.5) is 4.79 Å². The number of likely N-dealkylation sites (N-methyl/N-ethyl adjacent to an activating group) is 1. The summed E-state index contributed by atoms with van der Waals surface area (Å²) in [6, 6.07) is 8.47. The molecule has 0 aromatic heterocycles. The van der Waals surface area contributed by atoms with Crippen molar-refractivity contribution in [1.29, 1.82) is 0 Å². The van der Waals surface area contributed by atoms with Crippen LogP contribution in [0.5, 0.6) is 0 Å². The van der Waals surface area contributed by atoms with Crippen LogP contribution in [0.2, 0.25) is 0 Å². The molecule has 3 amide bonds. The van der Waals surface area contributed by atoms with Crippen LogP contribution < -0.4 is 11.1 Å². The molecule has 0 aliphatic carbocycles. The van der Waals surface area contributed by atoms with E-state index in [-0.39, 0.29) is 6.54 Å². The molecule has 0 radical (unpaired) electrons. The monoisotopic (exact) mass is 335 g/mol. The third-order valence-corrected chi connectivity index (χ3v) is 3.24. The van der Waals surface area contributed by atoms with E-state index in [1.165, 1.54) is 11.9 Å². The van der Waals surface area contributed by atoms with Crippen molar-refractivity contribution in [2.75, 3.05) is 13.6 Å². The minimum Gasteiger partial charge on any atom is -0.444 e. The molecule has 0 heterocycles. The van der Waals surface area contributed by atoms with Crippen molar-refractivity contribution in [3.63, 3.8) is 0 Å². The van der Waals surface area contributed by atoms with Crippen LogP contribution in [0, 0.1) is 0 Å². The van der Waals surface area contributed by atoms with Gasteiger partial charge in [0.15, 0.2) is 0 Å². The van der Waals surface area contributed by atoms with Crippen LogP contribution in [0.1, 0.15) is 26.3 Å². The molecule has 7 heteroatoms. The summed E-state index contributed by atoms with van der Waals surface area (Å²) in [5.41, 5.74) is 5.66. The number of nitrogens with zero attached hydrogens (tertiary/aromatic N) is 1. The van der Waals surface area contributed by atoms with Crippen LogP contribution in [-0.2, 0) is 20.7 Å². The lowest BCUT2D eigenvalue weighted by molar-refractivity contribution is -0.137. The predicted octanol–water partition coefficient (Wildman–Crippen LogP) is 1.07. The SMILES string of the molecule is CN(C(=O)CNC(=O)OC(C)(C)C)[C@@H](Cc1ccccc1)C(N)=O. The van der Waals surface area contributed by atoms with E-state index in [9.17, 15) is 14.4 Å². The maximum absolute atomic E-state index is 12.2. The van der Waals surface area contributed by atoms with Gasteiger partial charge < -0.3 is 20.7 Å². The highest BCUT2D eigenvalue weighted by Crippen LogP contribution is 2.09. The second-order valence-corrected chi connectivity index (χ2v) is 6.47. The van der Waals surface area contributed by atoms with Gasteiger partial charge in [-0.25, -0.2) is 4.79 Å². The predicted molar refractivity (Wildman–Crippen MR) is 90.1 cm³/mol. The molecule has 0 fully saturated rings. The fraction of sp³-hybridized carbons (Fsp3) is 0.471. The van der Waals surface area contributed by atoms with Gasteiger partial charge >= 0.3 is 6.09 Å². The molecule has 0 saturated carbocycles. The van der Waals surface area contributed by atoms with E-state index in [4.69, 9.17) is 10.5 Å². The highest BCUT2D eigenvalue weighted by Gasteiger charge is 2.26. The molecular weight excluding hydrogens is 310 g/mol. The van der Waals surface area contributed by atoms with Gasteiger partial charge in [0.25, 0.3) is 0 Å². The number of amides is 3. The fourth-order valence-corrected chi connectivity index (χ4v) is 2.03. The standard InChI is InChI=1S/C17H25N3O4/c1-17(2,3)24-16(23)19-11-14(21)20(4)13(15(18)22)10-12-8-6-5-7-9-12/h5-9,13H,10-11H2,1-4H3,(H2,18,22)(H,19,23)/t13-/m0/s1. The van der Waals surface area contributed by atoms with Gasteiger partial charge in [-0.2, -0.15) is 0 Å². The quantitative estimate of drug-likeness (QED) is 0.811. The highest BCUT2D eigenvalue weighted by molar-refractivity contribution is 5.88. The summed E-state index contributed by atoms with van der Waals surface area (Å²) in [5, 5.41) is 2.37. The Morgan fingerprint density at radius 1 is 1.21 bits per heavy atom. The summed E-state index contributed by atoms with van der Waals surface area (Å²) >= 11 is 0. The van der Waals surface area contributed by atoms with Gasteiger partial charge in [0, 0.05) is 13.5 Å². The summed E-state index contributed by atoms with van der Waals surface area (Å²) in [5.74, 6) is -1.03. The zero-order valence-corrected chi connectivity index (χ0v) is 14.5. The second-order valence-electron chi connectivity index (χ2n) is 6.47. The summed E-state index contributed by atoms with van der Waals surface area (Å²) in [4.78, 5) is 36.7. The van der Waals surface area contributed by atoms with E-state index in [1.54, 1.807) is 20.8 Å². The number of carbonyl (C=O) groups is 3. The van der Waals surface area contributed by atoms with Crippen molar-refractivity contribution >= 4 is 17.9 Å². The number of hydrogen-bond donors (Lipinski definition) is 2. The van der Waals surface area contributed by atoms with Crippen LogP contribution in [0.3, 0.4) is 0 Å². The Kier molecular flexibility index (Phi) is 6.76. The molecule has 1 aromatic rings. The normalized spacial score (nSPS) is 12.2. The molecule has 7 nitrogen and oxygen atoms in total. The van der Waals surface area contributed by atoms with Gasteiger partial charge in [0.2, 0.25) is 11.8 Å². The molecule has 0 spiro atoms. The minimum atomic E-state index is -0.791. The third-order valence-electron chi connectivity index (χ3n) is 3.24. The Morgan fingerprint density at radius 2 is 1.79 bits per heavy atom. The molecule has 0 bridgehead atoms. The highest BCUT2D eigenvalue weighted by atomic mass is 16.6. The van der Waals surface area contributed by atoms with E-state index in [0.717, 1.165) is 5.56 Å². The molecule has 24 heavy (non-hydrogen) atoms. The largest absolute Gasteiger partial charge is 0.444 e. The number of primary amides is 1. The minimum absolute atomic E-state index is 0.274. The van der Waals surface area contributed by atoms with Crippen LogP contribution in [0.15, 0.2) is 30.3 Å². The van der Waals surface area contributed by atoms with E-state index in [0.29, 0.717) is 6.42 Å². The smallest absolute Gasteiger partial charge is 0.408 e. The van der Waals surface area contributed by atoms with Crippen molar-refractivity contribution in [2.24, 2.45) is 5.73 Å². The Morgan fingerprint density at radius 3 is 2.29 bits per heavy atom. The van der Waals surface area contributed by atoms with Crippen LogP contribution >= 0.6 is 0 Å². The van der Waals surface area contributed by atoms with Gasteiger partial charge in [-0.1, -0.05) is 30.3 Å². The van der Waals surface area contributed by atoms with E-state index >= 15 is 0 Å². The number of carbonyl (C=O) groups excluding carboxylic acids is 3. The van der Waals surface area contributed by atoms with Crippen LogP contribution in [-0.4, -0.2) is 48.0 Å². The molecular formula is C17H25N3O4.